The van der Waals surface area contributed by atoms with Crippen molar-refractivity contribution >= 4 is 10.0 Å². The number of hydrogen-bond acceptors (Lipinski definition) is 6. The molecule has 0 aliphatic carbocycles. The van der Waals surface area contributed by atoms with Gasteiger partial charge in [0.15, 0.2) is 5.66 Å². The van der Waals surface area contributed by atoms with Crippen LogP contribution in [0.4, 0.5) is 0 Å². The predicted molar refractivity (Wildman–Crippen MR) is 126 cm³/mol. The third-order valence-corrected chi connectivity index (χ3v) is 7.68. The van der Waals surface area contributed by atoms with E-state index in [4.69, 9.17) is 9.98 Å². The zero-order chi connectivity index (χ0) is 23.6. The maximum absolute atomic E-state index is 13.5. The van der Waals surface area contributed by atoms with E-state index >= 15 is 0 Å². The summed E-state index contributed by atoms with van der Waals surface area (Å²) >= 11 is 0. The van der Waals surface area contributed by atoms with Crippen LogP contribution in [0.5, 0.6) is 0 Å². The Morgan fingerprint density at radius 2 is 1.70 bits per heavy atom. The second-order valence-corrected chi connectivity index (χ2v) is 11.0. The number of aromatic nitrogens is 2. The molecule has 4 rings (SSSR count). The quantitative estimate of drug-likeness (QED) is 0.514. The Morgan fingerprint density at radius 1 is 0.970 bits per heavy atom. The molecule has 1 aliphatic rings. The molecule has 1 aromatic carbocycles. The lowest BCUT2D eigenvalue weighted by atomic mass is 10.0. The molecule has 3 aromatic rings. The normalized spacial score (nSPS) is 18.6. The molecular weight excluding hydrogens is 434 g/mol. The molecule has 0 spiro atoms. The second kappa shape index (κ2) is 9.11. The summed E-state index contributed by atoms with van der Waals surface area (Å²) in [5.41, 5.74) is 1.10. The Morgan fingerprint density at radius 3 is 2.33 bits per heavy atom. The summed E-state index contributed by atoms with van der Waals surface area (Å²) < 4.78 is 28.3. The Balaban J connectivity index is 1.56. The molecule has 2 aromatic heterocycles. The molecule has 0 N–H and O–H groups in total. The SMILES string of the molecule is CC(C)CC(c1ccccn1)N(C)S(=O)(=O)c1ccc(CC2(C)N=c3ccncc3=N2)cc1. The summed E-state index contributed by atoms with van der Waals surface area (Å²) in [7, 11) is -2.06. The van der Waals surface area contributed by atoms with Crippen molar-refractivity contribution in [1.29, 1.82) is 0 Å². The van der Waals surface area contributed by atoms with Gasteiger partial charge in [0.2, 0.25) is 10.0 Å². The Hall–Kier alpha value is -2.97. The number of pyridine rings is 2. The summed E-state index contributed by atoms with van der Waals surface area (Å²) in [6, 6.07) is 14.1. The van der Waals surface area contributed by atoms with Gasteiger partial charge in [0.25, 0.3) is 0 Å². The molecule has 0 fully saturated rings. The molecule has 33 heavy (non-hydrogen) atoms. The van der Waals surface area contributed by atoms with Gasteiger partial charge in [-0.2, -0.15) is 4.31 Å². The van der Waals surface area contributed by atoms with E-state index in [1.54, 1.807) is 37.8 Å². The van der Waals surface area contributed by atoms with Crippen LogP contribution in [0.1, 0.15) is 44.5 Å². The van der Waals surface area contributed by atoms with Crippen LogP contribution in [0.3, 0.4) is 0 Å². The van der Waals surface area contributed by atoms with Crippen LogP contribution in [0.25, 0.3) is 0 Å². The summed E-state index contributed by atoms with van der Waals surface area (Å²) in [6.07, 6.45) is 6.37. The fourth-order valence-electron chi connectivity index (χ4n) is 4.16. The van der Waals surface area contributed by atoms with E-state index in [-0.39, 0.29) is 10.9 Å². The molecule has 3 heterocycles. The van der Waals surface area contributed by atoms with Crippen molar-refractivity contribution in [3.63, 3.8) is 0 Å². The number of fused-ring (bicyclic) bond motifs is 1. The van der Waals surface area contributed by atoms with Crippen LogP contribution in [-0.2, 0) is 16.4 Å². The molecule has 0 amide bonds. The first-order chi connectivity index (χ1) is 15.7. The molecule has 8 heteroatoms. The van der Waals surface area contributed by atoms with Gasteiger partial charge in [0.1, 0.15) is 5.36 Å². The smallest absolute Gasteiger partial charge is 0.243 e. The first-order valence-corrected chi connectivity index (χ1v) is 12.5. The van der Waals surface area contributed by atoms with Gasteiger partial charge < -0.3 is 0 Å². The second-order valence-electron chi connectivity index (χ2n) is 9.05. The van der Waals surface area contributed by atoms with Crippen LogP contribution in [0, 0.1) is 5.92 Å². The molecule has 7 nitrogen and oxygen atoms in total. The first-order valence-electron chi connectivity index (χ1n) is 11.1. The van der Waals surface area contributed by atoms with Gasteiger partial charge in [-0.25, -0.2) is 8.42 Å². The molecule has 172 valence electrons. The van der Waals surface area contributed by atoms with Gasteiger partial charge >= 0.3 is 0 Å². The van der Waals surface area contributed by atoms with Crippen molar-refractivity contribution < 1.29 is 8.42 Å². The summed E-state index contributed by atoms with van der Waals surface area (Å²) in [5.74, 6) is 0.316. The molecule has 0 saturated carbocycles. The van der Waals surface area contributed by atoms with E-state index in [0.717, 1.165) is 22.0 Å². The van der Waals surface area contributed by atoms with Gasteiger partial charge in [-0.3, -0.25) is 20.0 Å². The van der Waals surface area contributed by atoms with E-state index in [1.165, 1.54) is 4.31 Å². The van der Waals surface area contributed by atoms with Crippen LogP contribution in [0.15, 0.2) is 82.0 Å². The van der Waals surface area contributed by atoms with Gasteiger partial charge in [0.05, 0.1) is 28.2 Å². The van der Waals surface area contributed by atoms with Gasteiger partial charge in [-0.15, -0.1) is 0 Å². The number of nitrogens with zero attached hydrogens (tertiary/aromatic N) is 5. The fraction of sp³-hybridized carbons (Fsp3) is 0.360. The van der Waals surface area contributed by atoms with E-state index in [9.17, 15) is 8.42 Å². The zero-order valence-electron chi connectivity index (χ0n) is 19.4. The minimum Gasteiger partial charge on any atom is -0.262 e. The third kappa shape index (κ3) is 5.02. The Bertz CT molecular complexity index is 1300. The van der Waals surface area contributed by atoms with E-state index in [1.807, 2.05) is 43.3 Å². The van der Waals surface area contributed by atoms with E-state index < -0.39 is 15.7 Å². The van der Waals surface area contributed by atoms with E-state index in [0.29, 0.717) is 18.8 Å². The Kier molecular flexibility index (Phi) is 6.41. The summed E-state index contributed by atoms with van der Waals surface area (Å²) in [4.78, 5) is 18.2. The maximum Gasteiger partial charge on any atom is 0.243 e. The van der Waals surface area contributed by atoms with E-state index in [2.05, 4.69) is 23.8 Å². The Labute approximate surface area is 195 Å². The summed E-state index contributed by atoms with van der Waals surface area (Å²) in [6.45, 7) is 6.13. The standard InChI is InChI=1S/C25H29N5O2S/c1-18(2)15-24(22-7-5-6-13-27-22)30(4)33(31,32)20-10-8-19(9-11-20)16-25(3)28-21-12-14-26-17-23(21)29-25/h5-14,17-18,24H,15-16H2,1-4H3. The van der Waals surface area contributed by atoms with Crippen LogP contribution >= 0.6 is 0 Å². The van der Waals surface area contributed by atoms with Crippen LogP contribution < -0.4 is 10.7 Å². The minimum absolute atomic E-state index is 0.261. The number of hydrogen-bond donors (Lipinski definition) is 0. The highest BCUT2D eigenvalue weighted by molar-refractivity contribution is 7.89. The third-order valence-electron chi connectivity index (χ3n) is 5.80. The molecular formula is C25H29N5O2S. The zero-order valence-corrected chi connectivity index (χ0v) is 20.2. The number of sulfonamides is 1. The largest absolute Gasteiger partial charge is 0.262 e. The first kappa shape index (κ1) is 23.2. The number of rotatable bonds is 8. The monoisotopic (exact) mass is 463 g/mol. The lowest BCUT2D eigenvalue weighted by Gasteiger charge is -2.28. The highest BCUT2D eigenvalue weighted by atomic mass is 32.2. The van der Waals surface area contributed by atoms with Crippen LogP contribution in [0.2, 0.25) is 0 Å². The molecule has 0 radical (unpaired) electrons. The highest BCUT2D eigenvalue weighted by Gasteiger charge is 2.31. The lowest BCUT2D eigenvalue weighted by molar-refractivity contribution is 0.318. The molecule has 2 atom stereocenters. The fourth-order valence-corrected chi connectivity index (χ4v) is 5.50. The average Bonchev–Trinajstić information content (AvgIpc) is 3.13. The molecule has 2 unspecified atom stereocenters. The van der Waals surface area contributed by atoms with Gasteiger partial charge in [0, 0.05) is 25.9 Å². The maximum atomic E-state index is 13.5. The summed E-state index contributed by atoms with van der Waals surface area (Å²) in [5, 5.41) is 1.62. The predicted octanol–water partition coefficient (Wildman–Crippen LogP) is 3.10. The van der Waals surface area contributed by atoms with Crippen molar-refractivity contribution in [1.82, 2.24) is 14.3 Å². The molecule has 0 saturated heterocycles. The van der Waals surface area contributed by atoms with Crippen molar-refractivity contribution in [2.24, 2.45) is 15.9 Å². The highest BCUT2D eigenvalue weighted by Crippen LogP contribution is 2.30. The van der Waals surface area contributed by atoms with Gasteiger partial charge in [-0.05, 0) is 55.2 Å². The lowest BCUT2D eigenvalue weighted by Crippen LogP contribution is -2.32. The van der Waals surface area contributed by atoms with Gasteiger partial charge in [-0.1, -0.05) is 32.0 Å². The molecule has 0 bridgehead atoms. The molecule has 1 aliphatic heterocycles. The average molecular weight is 464 g/mol. The topological polar surface area (TPSA) is 87.9 Å². The van der Waals surface area contributed by atoms with Crippen molar-refractivity contribution in [3.05, 3.63) is 89.1 Å². The van der Waals surface area contributed by atoms with Crippen LogP contribution in [-0.4, -0.2) is 35.4 Å². The number of benzene rings is 1. The van der Waals surface area contributed by atoms with Crippen molar-refractivity contribution in [3.8, 4) is 0 Å². The minimum atomic E-state index is -3.70. The van der Waals surface area contributed by atoms with Crippen molar-refractivity contribution in [2.45, 2.75) is 50.2 Å². The van der Waals surface area contributed by atoms with Crippen molar-refractivity contribution in [2.75, 3.05) is 7.05 Å².